The van der Waals surface area contributed by atoms with Gasteiger partial charge in [-0.25, -0.2) is 33.1 Å². The van der Waals surface area contributed by atoms with Gasteiger partial charge in [-0.2, -0.15) is 0 Å². The van der Waals surface area contributed by atoms with Crippen molar-refractivity contribution in [1.82, 2.24) is 59.5 Å². The summed E-state index contributed by atoms with van der Waals surface area (Å²) in [5.41, 5.74) is 24.4. The van der Waals surface area contributed by atoms with Gasteiger partial charge in [0.1, 0.15) is 125 Å². The second-order valence-corrected chi connectivity index (χ2v) is 35.3. The Morgan fingerprint density at radius 2 is 0.811 bits per heavy atom. The van der Waals surface area contributed by atoms with Gasteiger partial charge in [0.15, 0.2) is 11.6 Å². The molecule has 4 saturated carbocycles. The molecule has 0 saturated heterocycles. The molecular weight excluding hydrogens is 1680 g/mol. The van der Waals surface area contributed by atoms with E-state index in [9.17, 15) is 59.1 Å². The predicted octanol–water partition coefficient (Wildman–Crippen LogP) is 9.68. The van der Waals surface area contributed by atoms with Crippen LogP contribution >= 0.6 is 39.1 Å². The molecule has 4 aromatic carbocycles. The van der Waals surface area contributed by atoms with Crippen LogP contribution in [0, 0.1) is 31.3 Å². The first-order chi connectivity index (χ1) is 58.6. The zero-order chi connectivity index (χ0) is 85.6. The first kappa shape index (κ1) is 85.0. The molecule has 644 valence electrons. The molecule has 27 nitrogen and oxygen atoms in total. The van der Waals surface area contributed by atoms with Crippen LogP contribution < -0.4 is 51.7 Å². The summed E-state index contributed by atoms with van der Waals surface area (Å²) in [6.07, 6.45) is 6.17. The first-order valence-electron chi connectivity index (χ1n) is 41.2. The average Bonchev–Trinajstić information content (AvgIpc) is 1.54. The summed E-state index contributed by atoms with van der Waals surface area (Å²) in [6, 6.07) is 22.0. The number of rotatable bonds is 13. The molecule has 8 aliphatic rings. The fourth-order valence-electron chi connectivity index (χ4n) is 18.8. The van der Waals surface area contributed by atoms with Crippen LogP contribution in [0.25, 0.3) is 44.1 Å². The molecule has 12 aromatic rings. The Bertz CT molecular complexity index is 5760. The van der Waals surface area contributed by atoms with E-state index in [1.54, 1.807) is 36.9 Å². The van der Waals surface area contributed by atoms with Gasteiger partial charge in [-0.15, -0.1) is 0 Å². The number of anilines is 2. The molecule has 0 spiro atoms. The van der Waals surface area contributed by atoms with Crippen molar-refractivity contribution < 1.29 is 78.1 Å². The second kappa shape index (κ2) is 34.7. The van der Waals surface area contributed by atoms with Crippen molar-refractivity contribution in [2.24, 2.45) is 0 Å². The highest BCUT2D eigenvalue weighted by Crippen LogP contribution is 2.46. The van der Waals surface area contributed by atoms with Gasteiger partial charge in [0.2, 0.25) is 0 Å². The Morgan fingerprint density at radius 3 is 1.25 bits per heavy atom. The summed E-state index contributed by atoms with van der Waals surface area (Å²) < 4.78 is 76.1. The smallest absolute Gasteiger partial charge is 0.152 e. The van der Waals surface area contributed by atoms with Gasteiger partial charge in [-0.05, 0) is 185 Å². The standard InChI is InChI=1S/C25H31N3O4.C22H23ClFN3O3.C21H22BrFN4O3.C21H22ClFN4O3/c1-14-4-8-27-24-17(14)6-9-28(24)19-12-21(23(30)22(19)29)32-20-11-16(25(2,3)31)10-15-5-7-26-13-18(15)20;1-11-2-6-26-22-12(11)4-7-27(22)16-9-18(21(29)20(16)28)30-17-8-15(23)19(24)13-3-5-25-10-14(13)17;2*22-11-5-10-1-3-25-8-12(10)16(6-11)30-17-7-15(19(28)20(17)29)27-9-13(23)18-14(24)2-4-26-21(18)27/h4,6,8-11,19,21-23,26,29-31H,5,7,12-13H2,1-3H3;2,4,6-8,16,18,20-21,25,28-29H,3,5,9-10H2,1H3;2*2,4-6,9,15,17,19-20,25,28-29H,1,3,7-8H2,(H2,24,26)/t19?,21?,22-,23+;16?,18?,20-,21+;2*15?,17?,19-,20+/m0000/s1. The third-order valence-corrected chi connectivity index (χ3v) is 26.4. The number of nitrogens with two attached hydrogens (primary N) is 2. The van der Waals surface area contributed by atoms with E-state index in [2.05, 4.69) is 63.2 Å². The maximum absolute atomic E-state index is 14.5. The highest BCUT2D eigenvalue weighted by Gasteiger charge is 2.49. The van der Waals surface area contributed by atoms with Gasteiger partial charge >= 0.3 is 0 Å². The number of pyridine rings is 4. The number of benzene rings is 4. The number of fused-ring (bicyclic) bond motifs is 8. The van der Waals surface area contributed by atoms with E-state index in [0.29, 0.717) is 103 Å². The third kappa shape index (κ3) is 16.2. The van der Waals surface area contributed by atoms with E-state index in [1.165, 1.54) is 53.1 Å². The van der Waals surface area contributed by atoms with E-state index >= 15 is 0 Å². The zero-order valence-corrected chi connectivity index (χ0v) is 70.4. The minimum absolute atomic E-state index is 0.00585. The molecule has 17 N–H and O–H groups in total. The SMILES string of the molecule is Cc1ccnc2c1ccn2C1CC(Oc2cc(C(C)(C)O)cc3c2CNCC3)[C@@H](O)[C@H]1O.Cc1ccnc2c1ccn2C1CC(Oc2cc(Cl)c(F)c3c2CNCC3)[C@@H](O)[C@H]1O.Nc1ccnc2c1c(F)cn2C1CC(Oc2cc(Br)cc3c2CNCC3)[C@@H](O)[C@H]1O.Nc1ccnc2c1c(F)cn2C1CC(Oc2cc(Cl)cc3c2CNCC3)[C@@H](O)[C@H]1O. The second-order valence-electron chi connectivity index (χ2n) is 33.5. The lowest BCUT2D eigenvalue weighted by molar-refractivity contribution is -0.0168. The van der Waals surface area contributed by atoms with Gasteiger partial charge in [-0.1, -0.05) is 45.2 Å². The largest absolute Gasteiger partial charge is 0.487 e. The predicted molar refractivity (Wildman–Crippen MR) is 458 cm³/mol. The molecule has 8 aromatic heterocycles. The number of aryl methyl sites for hydroxylation is 2. The number of aliphatic hydroxyl groups excluding tert-OH is 8. The normalized spacial score (nSPS) is 26.1. The quantitative estimate of drug-likeness (QED) is 0.0510. The van der Waals surface area contributed by atoms with Crippen LogP contribution in [-0.4, -0.2) is 184 Å². The molecule has 0 radical (unpaired) electrons. The maximum atomic E-state index is 14.5. The highest BCUT2D eigenvalue weighted by atomic mass is 79.9. The molecule has 4 fully saturated rings. The molecule has 20 rings (SSSR count). The number of aromatic nitrogens is 8. The van der Waals surface area contributed by atoms with E-state index in [0.717, 1.165) is 116 Å². The summed E-state index contributed by atoms with van der Waals surface area (Å²) in [7, 11) is 0. The van der Waals surface area contributed by atoms with E-state index < -0.39 is 108 Å². The molecule has 16 atom stereocenters. The fraction of sp³-hybridized carbons (Fsp3) is 0.416. The van der Waals surface area contributed by atoms with Crippen LogP contribution in [0.1, 0.15) is 125 Å². The van der Waals surface area contributed by atoms with E-state index in [-0.39, 0.29) is 45.7 Å². The fourth-order valence-corrected chi connectivity index (χ4v) is 19.7. The molecular formula is C89H98BrCl2F3N14O13. The molecule has 33 heteroatoms. The number of aliphatic hydroxyl groups is 9. The monoisotopic (exact) mass is 1780 g/mol. The van der Waals surface area contributed by atoms with Gasteiger partial charge in [-0.3, -0.25) is 0 Å². The molecule has 4 aliphatic carbocycles. The van der Waals surface area contributed by atoms with Crippen molar-refractivity contribution >= 4 is 94.6 Å². The number of nitrogen functional groups attached to an aromatic ring is 2. The molecule has 4 aliphatic heterocycles. The minimum Gasteiger partial charge on any atom is -0.487 e. The lowest BCUT2D eigenvalue weighted by Crippen LogP contribution is -2.35. The number of ether oxygens (including phenoxy) is 4. The first-order valence-corrected chi connectivity index (χ1v) is 42.7. The summed E-state index contributed by atoms with van der Waals surface area (Å²) in [4.78, 5) is 17.4. The zero-order valence-electron chi connectivity index (χ0n) is 67.3. The van der Waals surface area contributed by atoms with Gasteiger partial charge in [0.25, 0.3) is 0 Å². The third-order valence-electron chi connectivity index (χ3n) is 25.4. The van der Waals surface area contributed by atoms with Crippen LogP contribution in [0.3, 0.4) is 0 Å². The van der Waals surface area contributed by atoms with Crippen molar-refractivity contribution in [1.29, 1.82) is 0 Å². The van der Waals surface area contributed by atoms with Crippen LogP contribution in [0.4, 0.5) is 24.5 Å². The highest BCUT2D eigenvalue weighted by molar-refractivity contribution is 9.10. The van der Waals surface area contributed by atoms with E-state index in [4.69, 9.17) is 53.6 Å². The Labute approximate surface area is 718 Å². The topological polar surface area (TPSA) is 390 Å². The maximum Gasteiger partial charge on any atom is 0.152 e. The average molecular weight is 1780 g/mol. The Hall–Kier alpha value is -9.23. The number of hydrogen-bond donors (Lipinski definition) is 15. The van der Waals surface area contributed by atoms with Gasteiger partial charge < -0.3 is 116 Å². The van der Waals surface area contributed by atoms with Crippen LogP contribution in [0.2, 0.25) is 10.0 Å². The molecule has 0 amide bonds. The van der Waals surface area contributed by atoms with Crippen LogP contribution in [0.5, 0.6) is 23.0 Å². The Balaban J connectivity index is 0.000000116. The summed E-state index contributed by atoms with van der Waals surface area (Å²) >= 11 is 15.9. The van der Waals surface area contributed by atoms with Crippen molar-refractivity contribution in [3.63, 3.8) is 0 Å². The van der Waals surface area contributed by atoms with Crippen molar-refractivity contribution in [3.8, 4) is 23.0 Å². The number of halogens is 6. The Morgan fingerprint density at radius 1 is 0.443 bits per heavy atom. The lowest BCUT2D eigenvalue weighted by Gasteiger charge is -2.28. The number of hydrogen-bond acceptors (Lipinski definition) is 23. The van der Waals surface area contributed by atoms with Gasteiger partial charge in [0, 0.05) is 161 Å². The van der Waals surface area contributed by atoms with Crippen LogP contribution in [0.15, 0.2) is 133 Å². The van der Waals surface area contributed by atoms with Gasteiger partial charge in [0.05, 0.1) is 45.6 Å². The summed E-state index contributed by atoms with van der Waals surface area (Å²) in [6.45, 7) is 13.4. The summed E-state index contributed by atoms with van der Waals surface area (Å²) in [5, 5.41) is 113. The van der Waals surface area contributed by atoms with Crippen molar-refractivity contribution in [2.75, 3.05) is 37.6 Å². The summed E-state index contributed by atoms with van der Waals surface area (Å²) in [5.74, 6) is 0.944. The van der Waals surface area contributed by atoms with Crippen LogP contribution in [-0.2, 0) is 57.5 Å². The lowest BCUT2D eigenvalue weighted by atomic mass is 9.90. The van der Waals surface area contributed by atoms with Crippen molar-refractivity contribution in [3.05, 3.63) is 222 Å². The Kier molecular flexibility index (Phi) is 24.2. The van der Waals surface area contributed by atoms with Crippen molar-refractivity contribution in [2.45, 2.75) is 208 Å². The minimum atomic E-state index is -1.15. The van der Waals surface area contributed by atoms with E-state index in [1.807, 2.05) is 83.9 Å². The molecule has 122 heavy (non-hydrogen) atoms. The molecule has 8 unspecified atom stereocenters. The number of nitrogens with one attached hydrogen (secondary N) is 4. The molecule has 12 heterocycles. The molecule has 0 bridgehead atoms. The number of nitrogens with zero attached hydrogens (tertiary/aromatic N) is 8.